The van der Waals surface area contributed by atoms with Crippen LogP contribution in [0, 0.1) is 13.8 Å². The molecule has 0 aliphatic rings. The molecule has 1 N–H and O–H groups in total. The summed E-state index contributed by atoms with van der Waals surface area (Å²) in [6.45, 7) is 6.26. The van der Waals surface area contributed by atoms with Crippen LogP contribution in [0.25, 0.3) is 0 Å². The van der Waals surface area contributed by atoms with Gasteiger partial charge in [0.25, 0.3) is 0 Å². The number of aryl methyl sites for hydroxylation is 2. The number of aromatic nitrogens is 1. The van der Waals surface area contributed by atoms with Crippen molar-refractivity contribution >= 4 is 28.7 Å². The van der Waals surface area contributed by atoms with Gasteiger partial charge in [-0.05, 0) is 56.7 Å². The molecule has 0 fully saturated rings. The maximum atomic E-state index is 12.6. The van der Waals surface area contributed by atoms with Gasteiger partial charge < -0.3 is 14.2 Å². The first kappa shape index (κ1) is 21.3. The van der Waals surface area contributed by atoms with Gasteiger partial charge in [0.2, 0.25) is 5.13 Å². The second-order valence-corrected chi connectivity index (χ2v) is 7.46. The lowest BCUT2D eigenvalue weighted by atomic mass is 10.2. The van der Waals surface area contributed by atoms with E-state index < -0.39 is 5.97 Å². The number of hydrogen-bond acceptors (Lipinski definition) is 8. The number of para-hydroxylation sites is 1. The molecule has 7 nitrogen and oxygen atoms in total. The van der Waals surface area contributed by atoms with Crippen molar-refractivity contribution in [2.75, 3.05) is 19.1 Å². The summed E-state index contributed by atoms with van der Waals surface area (Å²) >= 11 is 1.54. The van der Waals surface area contributed by atoms with Crippen LogP contribution in [0.1, 0.15) is 33.4 Å². The van der Waals surface area contributed by atoms with Gasteiger partial charge in [-0.1, -0.05) is 12.1 Å². The maximum Gasteiger partial charge on any atom is 0.347 e. The van der Waals surface area contributed by atoms with Gasteiger partial charge in [-0.2, -0.15) is 5.10 Å². The number of hydrogen-bond donors (Lipinski definition) is 1. The topological polar surface area (TPSA) is 82.0 Å². The Hall–Kier alpha value is -3.39. The average Bonchev–Trinajstić information content (AvgIpc) is 3.07. The fourth-order valence-corrected chi connectivity index (χ4v) is 3.37. The Kier molecular flexibility index (Phi) is 7.03. The number of carbonyl (C=O) groups is 1. The summed E-state index contributed by atoms with van der Waals surface area (Å²) in [6.07, 6.45) is 1.65. The van der Waals surface area contributed by atoms with Gasteiger partial charge in [0.1, 0.15) is 11.3 Å². The van der Waals surface area contributed by atoms with Crippen LogP contribution >= 0.6 is 11.3 Å². The van der Waals surface area contributed by atoms with Gasteiger partial charge in [-0.15, -0.1) is 11.3 Å². The minimum Gasteiger partial charge on any atom is -0.496 e. The zero-order chi connectivity index (χ0) is 21.5. The molecule has 3 aromatic rings. The van der Waals surface area contributed by atoms with Crippen molar-refractivity contribution in [1.29, 1.82) is 0 Å². The van der Waals surface area contributed by atoms with Crippen molar-refractivity contribution in [3.8, 4) is 17.2 Å². The molecular formula is C22H23N3O4S. The van der Waals surface area contributed by atoms with Gasteiger partial charge >= 0.3 is 5.97 Å². The van der Waals surface area contributed by atoms with Crippen molar-refractivity contribution < 1.29 is 19.0 Å². The Labute approximate surface area is 179 Å². The molecule has 1 heterocycles. The first-order chi connectivity index (χ1) is 14.5. The third kappa shape index (κ3) is 5.15. The zero-order valence-corrected chi connectivity index (χ0v) is 18.1. The smallest absolute Gasteiger partial charge is 0.347 e. The molecule has 30 heavy (non-hydrogen) atoms. The van der Waals surface area contributed by atoms with E-state index in [-0.39, 0.29) is 0 Å². The molecule has 0 amide bonds. The molecule has 0 spiro atoms. The van der Waals surface area contributed by atoms with Gasteiger partial charge in [-0.3, -0.25) is 5.43 Å². The molecule has 0 aliphatic heterocycles. The number of esters is 1. The van der Waals surface area contributed by atoms with Crippen molar-refractivity contribution in [3.05, 3.63) is 64.2 Å². The van der Waals surface area contributed by atoms with Crippen molar-refractivity contribution in [1.82, 2.24) is 4.98 Å². The van der Waals surface area contributed by atoms with Crippen LogP contribution in [0.4, 0.5) is 5.13 Å². The number of hydrazone groups is 1. The Bertz CT molecular complexity index is 1040. The third-order valence-electron chi connectivity index (χ3n) is 4.20. The molecule has 0 saturated carbocycles. The van der Waals surface area contributed by atoms with E-state index in [4.69, 9.17) is 14.2 Å². The van der Waals surface area contributed by atoms with E-state index >= 15 is 0 Å². The predicted octanol–water partition coefficient (Wildman–Crippen LogP) is 4.83. The van der Waals surface area contributed by atoms with Crippen LogP contribution < -0.4 is 19.6 Å². The Morgan fingerprint density at radius 3 is 2.67 bits per heavy atom. The van der Waals surface area contributed by atoms with Crippen molar-refractivity contribution in [2.24, 2.45) is 5.10 Å². The van der Waals surface area contributed by atoms with E-state index in [0.29, 0.717) is 29.4 Å². The number of methoxy groups -OCH3 is 1. The molecule has 0 atom stereocenters. The van der Waals surface area contributed by atoms with Crippen molar-refractivity contribution in [3.63, 3.8) is 0 Å². The van der Waals surface area contributed by atoms with Gasteiger partial charge in [0, 0.05) is 4.88 Å². The fraction of sp³-hybridized carbons (Fsp3) is 0.227. The largest absolute Gasteiger partial charge is 0.496 e. The van der Waals surface area contributed by atoms with Crippen LogP contribution in [0.3, 0.4) is 0 Å². The number of thiazole rings is 1. The lowest BCUT2D eigenvalue weighted by molar-refractivity contribution is 0.0725. The molecule has 0 radical (unpaired) electrons. The highest BCUT2D eigenvalue weighted by atomic mass is 32.1. The Morgan fingerprint density at radius 1 is 1.17 bits per heavy atom. The molecular weight excluding hydrogens is 402 g/mol. The molecule has 1 aromatic heterocycles. The lowest BCUT2D eigenvalue weighted by Gasteiger charge is -2.12. The van der Waals surface area contributed by atoms with E-state index in [0.717, 1.165) is 21.3 Å². The highest BCUT2D eigenvalue weighted by molar-refractivity contribution is 7.15. The molecule has 0 saturated heterocycles. The van der Waals surface area contributed by atoms with E-state index in [1.807, 2.05) is 20.8 Å². The zero-order valence-electron chi connectivity index (χ0n) is 17.3. The molecule has 0 bridgehead atoms. The van der Waals surface area contributed by atoms with E-state index in [1.54, 1.807) is 60.0 Å². The van der Waals surface area contributed by atoms with E-state index in [9.17, 15) is 4.79 Å². The normalized spacial score (nSPS) is 10.8. The molecule has 0 aliphatic carbocycles. The summed E-state index contributed by atoms with van der Waals surface area (Å²) in [4.78, 5) is 18.1. The van der Waals surface area contributed by atoms with Crippen LogP contribution in [-0.2, 0) is 0 Å². The standard InChI is InChI=1S/C22H23N3O4S/c1-5-28-20-12-16(13-23-25-22-24-14(2)15(3)30-22)10-11-19(20)29-21(26)17-8-6-7-9-18(17)27-4/h6-13H,5H2,1-4H3,(H,24,25). The third-order valence-corrected chi connectivity index (χ3v) is 5.18. The summed E-state index contributed by atoms with van der Waals surface area (Å²) in [5.74, 6) is 0.698. The maximum absolute atomic E-state index is 12.6. The monoisotopic (exact) mass is 425 g/mol. The lowest BCUT2D eigenvalue weighted by Crippen LogP contribution is -2.11. The summed E-state index contributed by atoms with van der Waals surface area (Å²) < 4.78 is 16.4. The summed E-state index contributed by atoms with van der Waals surface area (Å²) in [6, 6.07) is 12.1. The summed E-state index contributed by atoms with van der Waals surface area (Å²) in [5.41, 5.74) is 5.03. The molecule has 3 rings (SSSR count). The van der Waals surface area contributed by atoms with Gasteiger partial charge in [0.05, 0.1) is 25.6 Å². The van der Waals surface area contributed by atoms with Crippen LogP contribution in [-0.4, -0.2) is 30.9 Å². The second kappa shape index (κ2) is 9.89. The van der Waals surface area contributed by atoms with Crippen LogP contribution in [0.5, 0.6) is 17.2 Å². The second-order valence-electron chi connectivity index (χ2n) is 6.26. The SMILES string of the molecule is CCOc1cc(C=NNc2nc(C)c(C)s2)ccc1OC(=O)c1ccccc1OC. The van der Waals surface area contributed by atoms with Gasteiger partial charge in [0.15, 0.2) is 11.5 Å². The number of ether oxygens (including phenoxy) is 3. The number of rotatable bonds is 8. The molecule has 2 aromatic carbocycles. The average molecular weight is 426 g/mol. The first-order valence-corrected chi connectivity index (χ1v) is 10.2. The van der Waals surface area contributed by atoms with Crippen molar-refractivity contribution in [2.45, 2.75) is 20.8 Å². The number of anilines is 1. The predicted molar refractivity (Wildman–Crippen MR) is 118 cm³/mol. The number of carbonyl (C=O) groups excluding carboxylic acids is 1. The van der Waals surface area contributed by atoms with Crippen LogP contribution in [0.2, 0.25) is 0 Å². The minimum atomic E-state index is -0.522. The minimum absolute atomic E-state index is 0.323. The summed E-state index contributed by atoms with van der Waals surface area (Å²) in [7, 11) is 1.51. The first-order valence-electron chi connectivity index (χ1n) is 9.37. The molecule has 8 heteroatoms. The van der Waals surface area contributed by atoms with Gasteiger partial charge in [-0.25, -0.2) is 9.78 Å². The Balaban J connectivity index is 1.75. The number of benzene rings is 2. The highest BCUT2D eigenvalue weighted by Crippen LogP contribution is 2.30. The van der Waals surface area contributed by atoms with E-state index in [2.05, 4.69) is 15.5 Å². The quantitative estimate of drug-likeness (QED) is 0.241. The van der Waals surface area contributed by atoms with Crippen LogP contribution in [0.15, 0.2) is 47.6 Å². The molecule has 0 unspecified atom stereocenters. The molecule has 156 valence electrons. The Morgan fingerprint density at radius 2 is 1.97 bits per heavy atom. The fourth-order valence-electron chi connectivity index (χ4n) is 2.61. The highest BCUT2D eigenvalue weighted by Gasteiger charge is 2.16. The number of nitrogens with zero attached hydrogens (tertiary/aromatic N) is 2. The number of nitrogens with one attached hydrogen (secondary N) is 1. The summed E-state index contributed by atoms with van der Waals surface area (Å²) in [5, 5.41) is 4.95. The van der Waals surface area contributed by atoms with E-state index in [1.165, 1.54) is 7.11 Å².